The maximum absolute atomic E-state index is 13.1. The number of hydrogen-bond donors (Lipinski definition) is 2. The minimum absolute atomic E-state index is 0.0779. The highest BCUT2D eigenvalue weighted by atomic mass is 32.2. The van der Waals surface area contributed by atoms with Crippen LogP contribution in [0.1, 0.15) is 17.3 Å². The van der Waals surface area contributed by atoms with Gasteiger partial charge in [0.1, 0.15) is 5.82 Å². The zero-order valence-electron chi connectivity index (χ0n) is 8.53. The first kappa shape index (κ1) is 12.6. The number of benzene rings is 1. The Morgan fingerprint density at radius 1 is 1.44 bits per heavy atom. The van der Waals surface area contributed by atoms with E-state index in [-0.39, 0.29) is 5.56 Å². The summed E-state index contributed by atoms with van der Waals surface area (Å²) in [5.41, 5.74) is -0.0779. The second-order valence-corrected chi connectivity index (χ2v) is 4.64. The number of primary sulfonamides is 1. The third kappa shape index (κ3) is 3.01. The molecule has 0 aliphatic heterocycles. The van der Waals surface area contributed by atoms with Crippen molar-refractivity contribution in [3.63, 3.8) is 0 Å². The lowest BCUT2D eigenvalue weighted by Gasteiger charge is -2.04. The van der Waals surface area contributed by atoms with E-state index in [1.807, 2.05) is 0 Å². The number of rotatable bonds is 3. The summed E-state index contributed by atoms with van der Waals surface area (Å²) in [5.74, 6) is -1.38. The molecule has 0 heterocycles. The summed E-state index contributed by atoms with van der Waals surface area (Å²) < 4.78 is 35.1. The first-order valence-electron chi connectivity index (χ1n) is 4.46. The van der Waals surface area contributed by atoms with E-state index >= 15 is 0 Å². The van der Waals surface area contributed by atoms with Gasteiger partial charge in [0, 0.05) is 12.1 Å². The molecule has 0 saturated heterocycles. The van der Waals surface area contributed by atoms with Gasteiger partial charge in [0.15, 0.2) is 0 Å². The molecule has 0 unspecified atom stereocenters. The smallest absolute Gasteiger partial charge is 0.251 e. The van der Waals surface area contributed by atoms with Gasteiger partial charge in [0.05, 0.1) is 4.90 Å². The second kappa shape index (κ2) is 4.58. The summed E-state index contributed by atoms with van der Waals surface area (Å²) in [5, 5.41) is 7.27. The maximum Gasteiger partial charge on any atom is 0.251 e. The molecule has 1 aromatic rings. The fourth-order valence-corrected chi connectivity index (χ4v) is 1.69. The SMILES string of the molecule is CCNC(=O)c1cc(F)cc(S(N)(=O)=O)c1. The highest BCUT2D eigenvalue weighted by molar-refractivity contribution is 7.89. The van der Waals surface area contributed by atoms with Gasteiger partial charge in [0.25, 0.3) is 5.91 Å². The topological polar surface area (TPSA) is 89.3 Å². The molecule has 0 aliphatic carbocycles. The molecule has 0 atom stereocenters. The Balaban J connectivity index is 3.24. The van der Waals surface area contributed by atoms with Gasteiger partial charge in [-0.05, 0) is 25.1 Å². The van der Waals surface area contributed by atoms with Crippen LogP contribution in [0.2, 0.25) is 0 Å². The first-order valence-corrected chi connectivity index (χ1v) is 6.01. The number of sulfonamides is 1. The van der Waals surface area contributed by atoms with Crippen molar-refractivity contribution < 1.29 is 17.6 Å². The van der Waals surface area contributed by atoms with Crippen molar-refractivity contribution in [3.05, 3.63) is 29.6 Å². The van der Waals surface area contributed by atoms with Crippen LogP contribution >= 0.6 is 0 Å². The molecular formula is C9H11FN2O3S. The molecule has 1 rings (SSSR count). The molecule has 0 fully saturated rings. The van der Waals surface area contributed by atoms with Crippen LogP contribution in [0.4, 0.5) is 4.39 Å². The monoisotopic (exact) mass is 246 g/mol. The van der Waals surface area contributed by atoms with E-state index < -0.39 is 26.6 Å². The van der Waals surface area contributed by atoms with Crippen LogP contribution in [0.25, 0.3) is 0 Å². The van der Waals surface area contributed by atoms with Crippen LogP contribution in [0.15, 0.2) is 23.1 Å². The molecule has 7 heteroatoms. The number of nitrogens with one attached hydrogen (secondary N) is 1. The van der Waals surface area contributed by atoms with Gasteiger partial charge < -0.3 is 5.32 Å². The lowest BCUT2D eigenvalue weighted by atomic mass is 10.2. The molecular weight excluding hydrogens is 235 g/mol. The predicted octanol–water partition coefficient (Wildman–Crippen LogP) is 0.223. The minimum atomic E-state index is -4.02. The fourth-order valence-electron chi connectivity index (χ4n) is 1.12. The molecule has 88 valence electrons. The molecule has 3 N–H and O–H groups in total. The molecule has 5 nitrogen and oxygen atoms in total. The fraction of sp³-hybridized carbons (Fsp3) is 0.222. The Bertz CT molecular complexity index is 513. The zero-order chi connectivity index (χ0) is 12.3. The van der Waals surface area contributed by atoms with Crippen molar-refractivity contribution in [2.45, 2.75) is 11.8 Å². The van der Waals surface area contributed by atoms with Gasteiger partial charge >= 0.3 is 0 Å². The lowest BCUT2D eigenvalue weighted by Crippen LogP contribution is -2.23. The van der Waals surface area contributed by atoms with Crippen molar-refractivity contribution in [3.8, 4) is 0 Å². The number of carbonyl (C=O) groups is 1. The van der Waals surface area contributed by atoms with Crippen molar-refractivity contribution >= 4 is 15.9 Å². The van der Waals surface area contributed by atoms with Crippen LogP contribution in [-0.2, 0) is 10.0 Å². The van der Waals surface area contributed by atoms with Crippen LogP contribution in [0, 0.1) is 5.82 Å². The van der Waals surface area contributed by atoms with Gasteiger partial charge in [-0.1, -0.05) is 0 Å². The second-order valence-electron chi connectivity index (χ2n) is 3.08. The molecule has 0 aromatic heterocycles. The Hall–Kier alpha value is -1.47. The third-order valence-corrected chi connectivity index (χ3v) is 2.69. The standard InChI is InChI=1S/C9H11FN2O3S/c1-2-12-9(13)6-3-7(10)5-8(4-6)16(11,14)15/h3-5H,2H2,1H3,(H,12,13)(H2,11,14,15). The summed E-state index contributed by atoms with van der Waals surface area (Å²) in [4.78, 5) is 10.9. The van der Waals surface area contributed by atoms with Crippen LogP contribution in [-0.4, -0.2) is 20.9 Å². The van der Waals surface area contributed by atoms with Crippen molar-refractivity contribution in [2.75, 3.05) is 6.54 Å². The van der Waals surface area contributed by atoms with Crippen molar-refractivity contribution in [1.29, 1.82) is 0 Å². The Morgan fingerprint density at radius 2 is 2.06 bits per heavy atom. The molecule has 0 aliphatic rings. The first-order chi connectivity index (χ1) is 7.34. The summed E-state index contributed by atoms with van der Waals surface area (Å²) >= 11 is 0. The van der Waals surface area contributed by atoms with E-state index in [9.17, 15) is 17.6 Å². The largest absolute Gasteiger partial charge is 0.352 e. The Kier molecular flexibility index (Phi) is 3.61. The average molecular weight is 246 g/mol. The number of amides is 1. The summed E-state index contributed by atoms with van der Waals surface area (Å²) in [6.45, 7) is 2.05. The van der Waals surface area contributed by atoms with E-state index in [4.69, 9.17) is 5.14 Å². The molecule has 1 amide bonds. The predicted molar refractivity (Wildman–Crippen MR) is 55.8 cm³/mol. The van der Waals surface area contributed by atoms with Gasteiger partial charge in [-0.15, -0.1) is 0 Å². The van der Waals surface area contributed by atoms with Gasteiger partial charge in [-0.2, -0.15) is 0 Å². The number of nitrogens with two attached hydrogens (primary N) is 1. The summed E-state index contributed by atoms with van der Waals surface area (Å²) in [7, 11) is -4.02. The van der Waals surface area contributed by atoms with E-state index in [0.717, 1.165) is 18.2 Å². The summed E-state index contributed by atoms with van der Waals surface area (Å²) in [6, 6.07) is 2.74. The third-order valence-electron chi connectivity index (χ3n) is 1.80. The van der Waals surface area contributed by atoms with E-state index in [0.29, 0.717) is 6.54 Å². The van der Waals surface area contributed by atoms with Crippen LogP contribution < -0.4 is 10.5 Å². The quantitative estimate of drug-likeness (QED) is 0.799. The van der Waals surface area contributed by atoms with Crippen molar-refractivity contribution in [2.24, 2.45) is 5.14 Å². The minimum Gasteiger partial charge on any atom is -0.352 e. The molecule has 0 bridgehead atoms. The maximum atomic E-state index is 13.1. The molecule has 0 radical (unpaired) electrons. The number of hydrogen-bond acceptors (Lipinski definition) is 3. The van der Waals surface area contributed by atoms with E-state index in [1.54, 1.807) is 6.92 Å². The lowest BCUT2D eigenvalue weighted by molar-refractivity contribution is 0.0955. The van der Waals surface area contributed by atoms with Gasteiger partial charge in [-0.25, -0.2) is 17.9 Å². The Labute approximate surface area is 92.5 Å². The van der Waals surface area contributed by atoms with Crippen LogP contribution in [0.3, 0.4) is 0 Å². The molecule has 0 saturated carbocycles. The van der Waals surface area contributed by atoms with Gasteiger partial charge in [-0.3, -0.25) is 4.79 Å². The Morgan fingerprint density at radius 3 is 2.56 bits per heavy atom. The summed E-state index contributed by atoms with van der Waals surface area (Å²) in [6.07, 6.45) is 0. The molecule has 0 spiro atoms. The highest BCUT2D eigenvalue weighted by Gasteiger charge is 2.14. The van der Waals surface area contributed by atoms with Gasteiger partial charge in [0.2, 0.25) is 10.0 Å². The number of carbonyl (C=O) groups excluding carboxylic acids is 1. The zero-order valence-corrected chi connectivity index (χ0v) is 9.34. The highest BCUT2D eigenvalue weighted by Crippen LogP contribution is 2.13. The van der Waals surface area contributed by atoms with E-state index in [1.165, 1.54) is 0 Å². The van der Waals surface area contributed by atoms with E-state index in [2.05, 4.69) is 5.32 Å². The molecule has 16 heavy (non-hydrogen) atoms. The van der Waals surface area contributed by atoms with Crippen LogP contribution in [0.5, 0.6) is 0 Å². The average Bonchev–Trinajstić information content (AvgIpc) is 2.16. The number of halogens is 1. The van der Waals surface area contributed by atoms with Crippen molar-refractivity contribution in [1.82, 2.24) is 5.32 Å². The normalized spacial score (nSPS) is 11.2. The molecule has 1 aromatic carbocycles.